The van der Waals surface area contributed by atoms with Crippen molar-refractivity contribution in [3.63, 3.8) is 0 Å². The van der Waals surface area contributed by atoms with Crippen LogP contribution in [-0.4, -0.2) is 33.9 Å². The van der Waals surface area contributed by atoms with E-state index in [0.717, 1.165) is 5.52 Å². The molecule has 2 heterocycles. The van der Waals surface area contributed by atoms with E-state index in [1.165, 1.54) is 18.9 Å². The number of methoxy groups -OCH3 is 1. The predicted molar refractivity (Wildman–Crippen MR) is 96.9 cm³/mol. The smallest absolute Gasteiger partial charge is 0.269 e. The zero-order chi connectivity index (χ0) is 18.4. The number of para-hydroxylation sites is 1. The van der Waals surface area contributed by atoms with Gasteiger partial charge in [-0.25, -0.2) is 9.58 Å². The molecule has 7 heteroatoms. The standard InChI is InChI=1S/C19H16N4O3/c1-11(24)23-15-7-5-4-6-13(15)17(19(23)25)18(26-3)12-8-9-16-14(10-12)20-21-22(16)2/h4-10H,1-3H3. The lowest BCUT2D eigenvalue weighted by Crippen LogP contribution is -2.31. The van der Waals surface area contributed by atoms with Gasteiger partial charge >= 0.3 is 0 Å². The molecule has 0 atom stereocenters. The number of aryl methyl sites for hydroxylation is 1. The second-order valence-corrected chi connectivity index (χ2v) is 6.00. The van der Waals surface area contributed by atoms with E-state index in [0.29, 0.717) is 33.7 Å². The van der Waals surface area contributed by atoms with Crippen molar-refractivity contribution in [3.8, 4) is 0 Å². The van der Waals surface area contributed by atoms with Crippen LogP contribution in [0.1, 0.15) is 18.1 Å². The first-order valence-corrected chi connectivity index (χ1v) is 8.05. The van der Waals surface area contributed by atoms with Crippen LogP contribution in [0.3, 0.4) is 0 Å². The highest BCUT2D eigenvalue weighted by atomic mass is 16.5. The Bertz CT molecular complexity index is 1100. The molecular formula is C19H16N4O3. The summed E-state index contributed by atoms with van der Waals surface area (Å²) in [5, 5.41) is 8.11. The molecule has 4 rings (SSSR count). The van der Waals surface area contributed by atoms with Crippen molar-refractivity contribution in [2.75, 3.05) is 12.0 Å². The van der Waals surface area contributed by atoms with Crippen molar-refractivity contribution in [3.05, 3.63) is 53.6 Å². The van der Waals surface area contributed by atoms with Gasteiger partial charge in [0.2, 0.25) is 5.91 Å². The van der Waals surface area contributed by atoms with E-state index >= 15 is 0 Å². The average molecular weight is 348 g/mol. The van der Waals surface area contributed by atoms with Gasteiger partial charge in [0.05, 0.1) is 23.9 Å². The summed E-state index contributed by atoms with van der Waals surface area (Å²) in [5.74, 6) is -0.328. The fourth-order valence-corrected chi connectivity index (χ4v) is 3.29. The van der Waals surface area contributed by atoms with Gasteiger partial charge in [-0.2, -0.15) is 0 Å². The summed E-state index contributed by atoms with van der Waals surface area (Å²) in [5.41, 5.74) is 3.87. The highest BCUT2D eigenvalue weighted by Crippen LogP contribution is 2.41. The minimum Gasteiger partial charge on any atom is -0.495 e. The Morgan fingerprint density at radius 1 is 1.15 bits per heavy atom. The summed E-state index contributed by atoms with van der Waals surface area (Å²) in [7, 11) is 3.32. The predicted octanol–water partition coefficient (Wildman–Crippen LogP) is 2.38. The fraction of sp³-hybridized carbons (Fsp3) is 0.158. The Labute approximate surface area is 149 Å². The monoisotopic (exact) mass is 348 g/mol. The van der Waals surface area contributed by atoms with E-state index in [1.807, 2.05) is 37.4 Å². The zero-order valence-corrected chi connectivity index (χ0v) is 14.6. The maximum absolute atomic E-state index is 13.0. The SMILES string of the molecule is COC(=C1C(=O)N(C(C)=O)c2ccccc21)c1ccc2c(c1)nnn2C. The second kappa shape index (κ2) is 5.80. The van der Waals surface area contributed by atoms with Gasteiger partial charge in [-0.3, -0.25) is 9.59 Å². The van der Waals surface area contributed by atoms with Crippen molar-refractivity contribution in [1.29, 1.82) is 0 Å². The second-order valence-electron chi connectivity index (χ2n) is 6.00. The maximum Gasteiger partial charge on any atom is 0.269 e. The normalized spacial score (nSPS) is 15.3. The molecule has 0 N–H and O–H groups in total. The van der Waals surface area contributed by atoms with Crippen LogP contribution in [0.5, 0.6) is 0 Å². The van der Waals surface area contributed by atoms with Crippen LogP contribution in [-0.2, 0) is 21.4 Å². The fourth-order valence-electron chi connectivity index (χ4n) is 3.29. The van der Waals surface area contributed by atoms with Gasteiger partial charge in [0.25, 0.3) is 5.91 Å². The van der Waals surface area contributed by atoms with Gasteiger partial charge < -0.3 is 4.74 Å². The summed E-state index contributed by atoms with van der Waals surface area (Å²) in [4.78, 5) is 26.2. The number of benzene rings is 2. The Balaban J connectivity index is 1.97. The minimum absolute atomic E-state index is 0.336. The molecular weight excluding hydrogens is 332 g/mol. The summed E-state index contributed by atoms with van der Waals surface area (Å²) < 4.78 is 7.27. The lowest BCUT2D eigenvalue weighted by molar-refractivity contribution is -0.122. The number of hydrogen-bond donors (Lipinski definition) is 0. The zero-order valence-electron chi connectivity index (χ0n) is 14.6. The molecule has 0 aliphatic carbocycles. The number of rotatable bonds is 2. The van der Waals surface area contributed by atoms with Crippen LogP contribution in [0.4, 0.5) is 5.69 Å². The van der Waals surface area contributed by atoms with Crippen molar-refractivity contribution < 1.29 is 14.3 Å². The summed E-state index contributed by atoms with van der Waals surface area (Å²) in [6.45, 7) is 1.37. The number of ether oxygens (including phenoxy) is 1. The molecule has 0 bridgehead atoms. The van der Waals surface area contributed by atoms with Gasteiger partial charge in [-0.1, -0.05) is 23.4 Å². The molecule has 1 aromatic heterocycles. The number of nitrogens with zero attached hydrogens (tertiary/aromatic N) is 4. The summed E-state index contributed by atoms with van der Waals surface area (Å²) >= 11 is 0. The first-order chi connectivity index (χ1) is 12.5. The number of carbonyl (C=O) groups is 2. The molecule has 7 nitrogen and oxygen atoms in total. The van der Waals surface area contributed by atoms with Crippen LogP contribution >= 0.6 is 0 Å². The van der Waals surface area contributed by atoms with E-state index in [9.17, 15) is 9.59 Å². The number of hydrogen-bond acceptors (Lipinski definition) is 5. The maximum atomic E-state index is 13.0. The van der Waals surface area contributed by atoms with E-state index in [1.54, 1.807) is 16.8 Å². The first-order valence-electron chi connectivity index (χ1n) is 8.05. The largest absolute Gasteiger partial charge is 0.495 e. The molecule has 0 fully saturated rings. The third-order valence-electron chi connectivity index (χ3n) is 4.45. The van der Waals surface area contributed by atoms with Crippen molar-refractivity contribution >= 4 is 39.9 Å². The quantitative estimate of drug-likeness (QED) is 0.525. The van der Waals surface area contributed by atoms with Crippen molar-refractivity contribution in [2.24, 2.45) is 7.05 Å². The van der Waals surface area contributed by atoms with Crippen LogP contribution < -0.4 is 4.90 Å². The van der Waals surface area contributed by atoms with E-state index in [4.69, 9.17) is 4.74 Å². The number of carbonyl (C=O) groups excluding carboxylic acids is 2. The molecule has 3 aromatic rings. The number of amides is 2. The molecule has 0 unspecified atom stereocenters. The van der Waals surface area contributed by atoms with Crippen LogP contribution in [0.2, 0.25) is 0 Å². The number of imide groups is 1. The molecule has 2 aromatic carbocycles. The third kappa shape index (κ3) is 2.21. The number of anilines is 1. The minimum atomic E-state index is -0.394. The van der Waals surface area contributed by atoms with Crippen LogP contribution in [0, 0.1) is 0 Å². The highest BCUT2D eigenvalue weighted by molar-refractivity contribution is 6.42. The van der Waals surface area contributed by atoms with Gasteiger partial charge in [0, 0.05) is 25.1 Å². The van der Waals surface area contributed by atoms with Gasteiger partial charge in [-0.05, 0) is 24.3 Å². The topological polar surface area (TPSA) is 77.3 Å². The van der Waals surface area contributed by atoms with Gasteiger partial charge in [0.15, 0.2) is 0 Å². The Morgan fingerprint density at radius 3 is 2.65 bits per heavy atom. The molecule has 2 amide bonds. The van der Waals surface area contributed by atoms with E-state index in [-0.39, 0.29) is 5.91 Å². The Kier molecular flexibility index (Phi) is 3.57. The molecule has 130 valence electrons. The van der Waals surface area contributed by atoms with Crippen molar-refractivity contribution in [1.82, 2.24) is 15.0 Å². The molecule has 0 spiro atoms. The lowest BCUT2D eigenvalue weighted by atomic mass is 10.0. The van der Waals surface area contributed by atoms with E-state index < -0.39 is 5.91 Å². The Hall–Kier alpha value is -3.48. The lowest BCUT2D eigenvalue weighted by Gasteiger charge is -2.12. The average Bonchev–Trinajstić information content (AvgIpc) is 3.14. The molecule has 0 saturated heterocycles. The number of aromatic nitrogens is 3. The first kappa shape index (κ1) is 16.0. The molecule has 0 radical (unpaired) electrons. The molecule has 1 aliphatic rings. The summed E-state index contributed by atoms with van der Waals surface area (Å²) in [6.07, 6.45) is 0. The van der Waals surface area contributed by atoms with Crippen LogP contribution in [0.15, 0.2) is 42.5 Å². The van der Waals surface area contributed by atoms with Gasteiger partial charge in [0.1, 0.15) is 11.3 Å². The number of fused-ring (bicyclic) bond motifs is 2. The van der Waals surface area contributed by atoms with Crippen LogP contribution in [0.25, 0.3) is 22.4 Å². The molecule has 0 saturated carbocycles. The van der Waals surface area contributed by atoms with Gasteiger partial charge in [-0.15, -0.1) is 5.10 Å². The Morgan fingerprint density at radius 2 is 1.92 bits per heavy atom. The highest BCUT2D eigenvalue weighted by Gasteiger charge is 2.37. The van der Waals surface area contributed by atoms with Crippen molar-refractivity contribution in [2.45, 2.75) is 6.92 Å². The molecule has 1 aliphatic heterocycles. The third-order valence-corrected chi connectivity index (χ3v) is 4.45. The molecule has 26 heavy (non-hydrogen) atoms. The van der Waals surface area contributed by atoms with E-state index in [2.05, 4.69) is 10.3 Å². The summed E-state index contributed by atoms with van der Waals surface area (Å²) in [6, 6.07) is 12.7.